The van der Waals surface area contributed by atoms with Gasteiger partial charge in [-0.1, -0.05) is 0 Å². The Kier molecular flexibility index (Phi) is 4.01. The molecule has 2 aliphatic heterocycles. The lowest BCUT2D eigenvalue weighted by molar-refractivity contribution is -0.131. The smallest absolute Gasteiger partial charge is 0.115 e. The highest BCUT2D eigenvalue weighted by atomic mass is 32.2. The maximum atomic E-state index is 9.32. The van der Waals surface area contributed by atoms with E-state index in [4.69, 9.17) is 9.47 Å². The van der Waals surface area contributed by atoms with Crippen molar-refractivity contribution < 1.29 is 14.6 Å². The number of phenols is 1. The second-order valence-corrected chi connectivity index (χ2v) is 6.74. The molecule has 0 aromatic heterocycles. The molecule has 3 nitrogen and oxygen atoms in total. The van der Waals surface area contributed by atoms with Crippen molar-refractivity contribution in [3.63, 3.8) is 0 Å². The Bertz CT molecular complexity index is 406. The molecule has 2 fully saturated rings. The van der Waals surface area contributed by atoms with Crippen molar-refractivity contribution in [2.45, 2.75) is 41.4 Å². The molecule has 0 aliphatic carbocycles. The zero-order valence-electron chi connectivity index (χ0n) is 11.0. The van der Waals surface area contributed by atoms with Crippen LogP contribution in [0.3, 0.4) is 0 Å². The van der Waals surface area contributed by atoms with Crippen LogP contribution in [-0.2, 0) is 9.47 Å². The van der Waals surface area contributed by atoms with Gasteiger partial charge in [0, 0.05) is 30.0 Å². The van der Waals surface area contributed by atoms with Gasteiger partial charge < -0.3 is 14.6 Å². The number of phenolic OH excluding ortho intramolecular Hbond substituents is 1. The summed E-state index contributed by atoms with van der Waals surface area (Å²) < 4.78 is 11.5. The lowest BCUT2D eigenvalue weighted by atomic mass is 9.86. The highest BCUT2D eigenvalue weighted by molar-refractivity contribution is 8.00. The van der Waals surface area contributed by atoms with Gasteiger partial charge in [-0.3, -0.25) is 0 Å². The molecule has 1 unspecified atom stereocenters. The summed E-state index contributed by atoms with van der Waals surface area (Å²) in [7, 11) is 0. The summed E-state index contributed by atoms with van der Waals surface area (Å²) in [5.74, 6) is 0.331. The minimum absolute atomic E-state index is 0.0606. The molecule has 3 rings (SSSR count). The van der Waals surface area contributed by atoms with Gasteiger partial charge in [0.1, 0.15) is 5.75 Å². The molecule has 1 aromatic rings. The van der Waals surface area contributed by atoms with Gasteiger partial charge in [0.15, 0.2) is 0 Å². The van der Waals surface area contributed by atoms with E-state index in [1.165, 1.54) is 4.90 Å². The van der Waals surface area contributed by atoms with Gasteiger partial charge in [0.25, 0.3) is 0 Å². The summed E-state index contributed by atoms with van der Waals surface area (Å²) in [5, 5.41) is 9.93. The zero-order chi connectivity index (χ0) is 13.1. The lowest BCUT2D eigenvalue weighted by Gasteiger charge is -2.43. The number of hydrogen-bond acceptors (Lipinski definition) is 4. The second kappa shape index (κ2) is 5.73. The number of thioether (sulfide) groups is 1. The predicted octanol–water partition coefficient (Wildman–Crippen LogP) is 3.21. The first-order valence-corrected chi connectivity index (χ1v) is 7.81. The maximum Gasteiger partial charge on any atom is 0.115 e. The van der Waals surface area contributed by atoms with E-state index in [-0.39, 0.29) is 5.60 Å². The van der Waals surface area contributed by atoms with Crippen molar-refractivity contribution in [1.82, 2.24) is 0 Å². The molecule has 0 bridgehead atoms. The summed E-state index contributed by atoms with van der Waals surface area (Å²) in [6.45, 7) is 2.52. The van der Waals surface area contributed by atoms with Crippen molar-refractivity contribution >= 4 is 11.8 Å². The van der Waals surface area contributed by atoms with E-state index in [2.05, 4.69) is 0 Å². The lowest BCUT2D eigenvalue weighted by Crippen LogP contribution is -2.45. The fourth-order valence-electron chi connectivity index (χ4n) is 2.89. The third kappa shape index (κ3) is 3.25. The number of aromatic hydroxyl groups is 1. The number of rotatable bonds is 2. The number of ether oxygens (including phenoxy) is 2. The van der Waals surface area contributed by atoms with Gasteiger partial charge in [0.2, 0.25) is 0 Å². The molecule has 104 valence electrons. The zero-order valence-corrected chi connectivity index (χ0v) is 11.8. The second-order valence-electron chi connectivity index (χ2n) is 5.37. The topological polar surface area (TPSA) is 38.7 Å². The number of hydrogen-bond donors (Lipinski definition) is 1. The Labute approximate surface area is 118 Å². The van der Waals surface area contributed by atoms with Crippen LogP contribution in [0.2, 0.25) is 0 Å². The molecule has 2 aliphatic rings. The third-order valence-corrected chi connectivity index (χ3v) is 5.27. The first-order chi connectivity index (χ1) is 9.26. The monoisotopic (exact) mass is 280 g/mol. The Balaban J connectivity index is 1.63. The van der Waals surface area contributed by atoms with E-state index in [0.717, 1.165) is 45.5 Å². The molecule has 1 spiro atoms. The summed E-state index contributed by atoms with van der Waals surface area (Å²) in [6.07, 6.45) is 4.27. The largest absolute Gasteiger partial charge is 0.508 e. The van der Waals surface area contributed by atoms with Gasteiger partial charge in [-0.25, -0.2) is 0 Å². The quantitative estimate of drug-likeness (QED) is 0.903. The van der Waals surface area contributed by atoms with Crippen LogP contribution in [0, 0.1) is 0 Å². The Morgan fingerprint density at radius 1 is 1.11 bits per heavy atom. The minimum atomic E-state index is 0.0606. The van der Waals surface area contributed by atoms with Crippen LogP contribution in [0.15, 0.2) is 29.2 Å². The van der Waals surface area contributed by atoms with Gasteiger partial charge >= 0.3 is 0 Å². The van der Waals surface area contributed by atoms with E-state index < -0.39 is 0 Å². The van der Waals surface area contributed by atoms with Crippen LogP contribution in [0.5, 0.6) is 5.75 Å². The van der Waals surface area contributed by atoms with Gasteiger partial charge in [-0.05, 0) is 49.9 Å². The Morgan fingerprint density at radius 2 is 1.84 bits per heavy atom. The molecule has 2 heterocycles. The van der Waals surface area contributed by atoms with E-state index in [1.807, 2.05) is 23.9 Å². The molecule has 2 saturated heterocycles. The molecular formula is C15H20O3S. The molecule has 4 heteroatoms. The molecule has 0 amide bonds. The molecular weight excluding hydrogens is 260 g/mol. The predicted molar refractivity (Wildman–Crippen MR) is 75.7 cm³/mol. The Morgan fingerprint density at radius 3 is 2.58 bits per heavy atom. The molecule has 19 heavy (non-hydrogen) atoms. The van der Waals surface area contributed by atoms with E-state index >= 15 is 0 Å². The van der Waals surface area contributed by atoms with Crippen molar-refractivity contribution in [1.29, 1.82) is 0 Å². The molecule has 1 atom stereocenters. The average molecular weight is 280 g/mol. The van der Waals surface area contributed by atoms with Gasteiger partial charge in [0.05, 0.1) is 5.60 Å². The number of benzene rings is 1. The van der Waals surface area contributed by atoms with Crippen molar-refractivity contribution in [2.75, 3.05) is 19.8 Å². The summed E-state index contributed by atoms with van der Waals surface area (Å²) in [6, 6.07) is 7.50. The van der Waals surface area contributed by atoms with Crippen LogP contribution in [0.4, 0.5) is 0 Å². The van der Waals surface area contributed by atoms with E-state index in [1.54, 1.807) is 12.1 Å². The van der Waals surface area contributed by atoms with E-state index in [0.29, 0.717) is 11.0 Å². The van der Waals surface area contributed by atoms with Crippen molar-refractivity contribution in [3.05, 3.63) is 24.3 Å². The first kappa shape index (κ1) is 13.3. The summed E-state index contributed by atoms with van der Waals surface area (Å²) in [4.78, 5) is 1.23. The third-order valence-electron chi connectivity index (χ3n) is 3.99. The van der Waals surface area contributed by atoms with Gasteiger partial charge in [-0.15, -0.1) is 11.8 Å². The highest BCUT2D eigenvalue weighted by Gasteiger charge is 2.39. The van der Waals surface area contributed by atoms with Crippen LogP contribution in [0.25, 0.3) is 0 Å². The minimum Gasteiger partial charge on any atom is -0.508 e. The summed E-state index contributed by atoms with van der Waals surface area (Å²) in [5.41, 5.74) is 0.0606. The Hall–Kier alpha value is -0.710. The van der Waals surface area contributed by atoms with Crippen molar-refractivity contribution in [2.24, 2.45) is 0 Å². The highest BCUT2D eigenvalue weighted by Crippen LogP contribution is 2.40. The molecule has 0 saturated carbocycles. The van der Waals surface area contributed by atoms with Crippen LogP contribution >= 0.6 is 11.8 Å². The van der Waals surface area contributed by atoms with Crippen molar-refractivity contribution in [3.8, 4) is 5.75 Å². The standard InChI is InChI=1S/C15H20O3S/c16-12-1-3-13(4-2-12)19-14-5-8-18-15(11-14)6-9-17-10-7-15/h1-4,14,16H,5-11H2. The molecule has 0 radical (unpaired) electrons. The van der Waals surface area contributed by atoms with Crippen LogP contribution in [-0.4, -0.2) is 35.8 Å². The normalized spacial score (nSPS) is 26.4. The molecule has 1 aromatic carbocycles. The van der Waals surface area contributed by atoms with E-state index in [9.17, 15) is 5.11 Å². The van der Waals surface area contributed by atoms with Crippen LogP contribution in [0.1, 0.15) is 25.7 Å². The molecule has 1 N–H and O–H groups in total. The summed E-state index contributed by atoms with van der Waals surface area (Å²) >= 11 is 1.91. The van der Waals surface area contributed by atoms with Crippen LogP contribution < -0.4 is 0 Å². The van der Waals surface area contributed by atoms with Gasteiger partial charge in [-0.2, -0.15) is 0 Å². The first-order valence-electron chi connectivity index (χ1n) is 6.93. The fraction of sp³-hybridized carbons (Fsp3) is 0.600. The maximum absolute atomic E-state index is 9.32. The average Bonchev–Trinajstić information content (AvgIpc) is 2.42. The SMILES string of the molecule is Oc1ccc(SC2CCOC3(CCOCC3)C2)cc1. The fourth-order valence-corrected chi connectivity index (χ4v) is 4.17.